The highest BCUT2D eigenvalue weighted by Gasteiger charge is 2.28. The summed E-state index contributed by atoms with van der Waals surface area (Å²) >= 11 is 0. The van der Waals surface area contributed by atoms with Gasteiger partial charge in [0.05, 0.1) is 4.90 Å². The first-order chi connectivity index (χ1) is 13.1. The van der Waals surface area contributed by atoms with E-state index in [4.69, 9.17) is 0 Å². The topological polar surface area (TPSA) is 20.3 Å². The first-order valence-electron chi connectivity index (χ1n) is 9.22. The second kappa shape index (κ2) is 9.41. The van der Waals surface area contributed by atoms with Crippen molar-refractivity contribution < 1.29 is 4.21 Å². The van der Waals surface area contributed by atoms with Crippen LogP contribution in [0.25, 0.3) is 0 Å². The maximum atomic E-state index is 13.6. The van der Waals surface area contributed by atoms with Crippen LogP contribution in [0.1, 0.15) is 19.4 Å². The van der Waals surface area contributed by atoms with E-state index in [1.807, 2.05) is 36.4 Å². The van der Waals surface area contributed by atoms with Gasteiger partial charge < -0.3 is 0 Å². The van der Waals surface area contributed by atoms with E-state index in [1.165, 1.54) is 16.2 Å². The average Bonchev–Trinajstić information content (AvgIpc) is 2.69. The van der Waals surface area contributed by atoms with Crippen LogP contribution in [-0.4, -0.2) is 14.8 Å². The molecule has 0 radical (unpaired) electrons. The Morgan fingerprint density at radius 3 is 1.74 bits per heavy atom. The van der Waals surface area contributed by atoms with Crippen molar-refractivity contribution >= 4 is 29.7 Å². The summed E-state index contributed by atoms with van der Waals surface area (Å²) in [6.45, 7) is 7.20. The summed E-state index contributed by atoms with van der Waals surface area (Å²) in [7, 11) is -2.10. The standard InChI is InChI=1S/C23H26NOPS/c1-19(2)18-24(27(25)23-16-14-20(3)15-17-23)26(21-10-6-4-7-11-21)22-12-8-5-9-13-22/h4-17,19H,18H2,1-3H3. The van der Waals surface area contributed by atoms with E-state index in [1.54, 1.807) is 0 Å². The predicted molar refractivity (Wildman–Crippen MR) is 118 cm³/mol. The fourth-order valence-corrected chi connectivity index (χ4v) is 7.56. The Balaban J connectivity index is 2.08. The van der Waals surface area contributed by atoms with Gasteiger partial charge in [-0.3, -0.25) is 0 Å². The number of rotatable bonds is 7. The van der Waals surface area contributed by atoms with Crippen molar-refractivity contribution in [2.45, 2.75) is 25.7 Å². The summed E-state index contributed by atoms with van der Waals surface area (Å²) in [6, 6.07) is 29.0. The SMILES string of the molecule is Cc1ccc(S(=O)N(CC(C)C)P(c2ccccc2)c2ccccc2)cc1. The fourth-order valence-electron chi connectivity index (χ4n) is 2.86. The zero-order valence-electron chi connectivity index (χ0n) is 16.1. The molecule has 0 saturated heterocycles. The van der Waals surface area contributed by atoms with Gasteiger partial charge in [0.1, 0.15) is 11.0 Å². The van der Waals surface area contributed by atoms with E-state index in [0.717, 1.165) is 11.4 Å². The van der Waals surface area contributed by atoms with Crippen molar-refractivity contribution in [1.29, 1.82) is 0 Å². The Kier molecular flexibility index (Phi) is 6.95. The minimum absolute atomic E-state index is 0.414. The first kappa shape index (κ1) is 19.9. The molecule has 0 fully saturated rings. The number of hydrogen-bond donors (Lipinski definition) is 0. The van der Waals surface area contributed by atoms with E-state index < -0.39 is 19.1 Å². The quantitative estimate of drug-likeness (QED) is 0.514. The molecule has 0 bridgehead atoms. The van der Waals surface area contributed by atoms with Gasteiger partial charge in [0.2, 0.25) is 0 Å². The summed E-state index contributed by atoms with van der Waals surface area (Å²) in [4.78, 5) is 0.862. The van der Waals surface area contributed by atoms with E-state index in [9.17, 15) is 4.21 Å². The van der Waals surface area contributed by atoms with Gasteiger partial charge in [-0.25, -0.2) is 4.21 Å². The number of benzene rings is 3. The van der Waals surface area contributed by atoms with Crippen molar-refractivity contribution in [3.63, 3.8) is 0 Å². The second-order valence-electron chi connectivity index (χ2n) is 6.97. The van der Waals surface area contributed by atoms with Crippen molar-refractivity contribution in [2.75, 3.05) is 6.54 Å². The third-order valence-electron chi connectivity index (χ3n) is 4.16. The van der Waals surface area contributed by atoms with Crippen LogP contribution in [0.4, 0.5) is 0 Å². The predicted octanol–water partition coefficient (Wildman–Crippen LogP) is 5.02. The molecule has 4 heteroatoms. The van der Waals surface area contributed by atoms with E-state index >= 15 is 0 Å². The molecule has 0 spiro atoms. The van der Waals surface area contributed by atoms with Crippen molar-refractivity contribution in [1.82, 2.24) is 4.08 Å². The normalized spacial score (nSPS) is 12.7. The molecule has 0 aliphatic carbocycles. The van der Waals surface area contributed by atoms with Crippen LogP contribution in [0.3, 0.4) is 0 Å². The molecule has 0 N–H and O–H groups in total. The Morgan fingerprint density at radius 2 is 1.30 bits per heavy atom. The number of nitrogens with zero attached hydrogens (tertiary/aromatic N) is 1. The lowest BCUT2D eigenvalue weighted by atomic mass is 10.2. The minimum atomic E-state index is -1.22. The smallest absolute Gasteiger partial charge is 0.131 e. The number of hydrogen-bond acceptors (Lipinski definition) is 1. The summed E-state index contributed by atoms with van der Waals surface area (Å²) in [6.07, 6.45) is 0. The highest BCUT2D eigenvalue weighted by molar-refractivity contribution is 7.92. The van der Waals surface area contributed by atoms with Crippen LogP contribution in [0.5, 0.6) is 0 Å². The van der Waals surface area contributed by atoms with E-state index in [-0.39, 0.29) is 0 Å². The maximum absolute atomic E-state index is 13.6. The van der Waals surface area contributed by atoms with Crippen LogP contribution < -0.4 is 10.6 Å². The lowest BCUT2D eigenvalue weighted by Crippen LogP contribution is -2.33. The zero-order valence-corrected chi connectivity index (χ0v) is 17.8. The summed E-state index contributed by atoms with van der Waals surface area (Å²) in [5.41, 5.74) is 1.18. The van der Waals surface area contributed by atoms with Gasteiger partial charge in [-0.1, -0.05) is 92.2 Å². The van der Waals surface area contributed by atoms with Gasteiger partial charge in [0, 0.05) is 14.6 Å². The molecule has 2 nitrogen and oxygen atoms in total. The molecule has 0 aliphatic heterocycles. The molecule has 0 amide bonds. The second-order valence-corrected chi connectivity index (χ2v) is 10.8. The van der Waals surface area contributed by atoms with E-state index in [2.05, 4.69) is 73.4 Å². The van der Waals surface area contributed by atoms with E-state index in [0.29, 0.717) is 5.92 Å². The Hall–Kier alpha value is -1.80. The third kappa shape index (κ3) is 5.13. The highest BCUT2D eigenvalue weighted by atomic mass is 32.2. The monoisotopic (exact) mass is 395 g/mol. The summed E-state index contributed by atoms with van der Waals surface area (Å²) in [5, 5.41) is 2.44. The van der Waals surface area contributed by atoms with Crippen molar-refractivity contribution in [3.05, 3.63) is 90.5 Å². The van der Waals surface area contributed by atoms with Gasteiger partial charge in [-0.05, 0) is 35.6 Å². The molecule has 140 valence electrons. The molecular formula is C23H26NOPS. The van der Waals surface area contributed by atoms with Gasteiger partial charge in [-0.15, -0.1) is 0 Å². The molecule has 3 aromatic rings. The molecule has 3 rings (SSSR count). The van der Waals surface area contributed by atoms with Gasteiger partial charge in [0.25, 0.3) is 0 Å². The van der Waals surface area contributed by atoms with Crippen LogP contribution >= 0.6 is 8.07 Å². The Labute approximate surface area is 166 Å². The van der Waals surface area contributed by atoms with Crippen LogP contribution in [0.15, 0.2) is 89.8 Å². The fraction of sp³-hybridized carbons (Fsp3) is 0.217. The molecule has 3 aromatic carbocycles. The molecule has 0 heterocycles. The minimum Gasteiger partial charge on any atom is -0.237 e. The van der Waals surface area contributed by atoms with Gasteiger partial charge in [-0.2, -0.15) is 4.08 Å². The maximum Gasteiger partial charge on any atom is 0.131 e. The van der Waals surface area contributed by atoms with Gasteiger partial charge in [0.15, 0.2) is 0 Å². The lowest BCUT2D eigenvalue weighted by molar-refractivity contribution is 0.527. The third-order valence-corrected chi connectivity index (χ3v) is 8.49. The van der Waals surface area contributed by atoms with Crippen LogP contribution in [-0.2, 0) is 11.0 Å². The number of aryl methyl sites for hydroxylation is 1. The highest BCUT2D eigenvalue weighted by Crippen LogP contribution is 2.41. The Bertz CT molecular complexity index is 826. The first-order valence-corrected chi connectivity index (χ1v) is 11.6. The average molecular weight is 396 g/mol. The van der Waals surface area contributed by atoms with Crippen molar-refractivity contribution in [2.24, 2.45) is 5.92 Å². The molecule has 1 atom stereocenters. The molecule has 0 saturated carbocycles. The molecular weight excluding hydrogens is 369 g/mol. The van der Waals surface area contributed by atoms with Crippen LogP contribution in [0.2, 0.25) is 0 Å². The largest absolute Gasteiger partial charge is 0.237 e. The summed E-state index contributed by atoms with van der Waals surface area (Å²) in [5.74, 6) is 0.414. The lowest BCUT2D eigenvalue weighted by Gasteiger charge is -2.32. The molecule has 1 unspecified atom stereocenters. The summed E-state index contributed by atoms with van der Waals surface area (Å²) < 4.78 is 15.8. The molecule has 27 heavy (non-hydrogen) atoms. The van der Waals surface area contributed by atoms with Crippen molar-refractivity contribution in [3.8, 4) is 0 Å². The van der Waals surface area contributed by atoms with Gasteiger partial charge >= 0.3 is 0 Å². The molecule has 0 aliphatic rings. The zero-order chi connectivity index (χ0) is 19.2. The Morgan fingerprint density at radius 1 is 0.815 bits per heavy atom. The molecule has 0 aromatic heterocycles. The van der Waals surface area contributed by atoms with Crippen LogP contribution in [0, 0.1) is 12.8 Å².